The van der Waals surface area contributed by atoms with Crippen LogP contribution in [0.4, 0.5) is 0 Å². The van der Waals surface area contributed by atoms with Gasteiger partial charge in [0.25, 0.3) is 0 Å². The third-order valence-electron chi connectivity index (χ3n) is 3.56. The molecule has 0 N–H and O–H groups in total. The van der Waals surface area contributed by atoms with Gasteiger partial charge in [0, 0.05) is 13.1 Å². The van der Waals surface area contributed by atoms with Crippen molar-refractivity contribution < 1.29 is 4.79 Å². The average Bonchev–Trinajstić information content (AvgIpc) is 2.36. The van der Waals surface area contributed by atoms with E-state index in [4.69, 9.17) is 5.26 Å². The number of amides is 1. The molecule has 0 bridgehead atoms. The van der Waals surface area contributed by atoms with Crippen molar-refractivity contribution in [1.82, 2.24) is 4.90 Å². The zero-order valence-electron chi connectivity index (χ0n) is 10.9. The first-order valence-corrected chi connectivity index (χ1v) is 6.43. The lowest BCUT2D eigenvalue weighted by Crippen LogP contribution is -2.41. The highest BCUT2D eigenvalue weighted by molar-refractivity contribution is 5.87. The molecule has 1 aromatic carbocycles. The molecular formula is C15H18N2O. The molecule has 0 saturated carbocycles. The van der Waals surface area contributed by atoms with E-state index in [0.717, 1.165) is 12.0 Å². The second-order valence-corrected chi connectivity index (χ2v) is 4.86. The number of nitrogens with zero attached hydrogens (tertiary/aromatic N) is 2. The Morgan fingerprint density at radius 2 is 2.28 bits per heavy atom. The van der Waals surface area contributed by atoms with E-state index >= 15 is 0 Å². The lowest BCUT2D eigenvalue weighted by Gasteiger charge is -2.34. The van der Waals surface area contributed by atoms with Crippen molar-refractivity contribution >= 4 is 5.91 Å². The van der Waals surface area contributed by atoms with Crippen LogP contribution in [0.15, 0.2) is 24.3 Å². The Morgan fingerprint density at radius 1 is 1.56 bits per heavy atom. The van der Waals surface area contributed by atoms with Crippen molar-refractivity contribution in [3.05, 3.63) is 35.4 Å². The zero-order chi connectivity index (χ0) is 13.1. The smallest absolute Gasteiger partial charge is 0.230 e. The number of likely N-dealkylation sites (N-methyl/N-ethyl adjacent to an activating group) is 1. The summed E-state index contributed by atoms with van der Waals surface area (Å²) in [5.41, 5.74) is 2.44. The van der Waals surface area contributed by atoms with E-state index in [0.29, 0.717) is 13.1 Å². The van der Waals surface area contributed by atoms with E-state index < -0.39 is 0 Å². The number of carbonyl (C=O) groups is 1. The Kier molecular flexibility index (Phi) is 3.66. The predicted octanol–water partition coefficient (Wildman–Crippen LogP) is 2.33. The van der Waals surface area contributed by atoms with E-state index in [-0.39, 0.29) is 17.7 Å². The fraction of sp³-hybridized carbons (Fsp3) is 0.467. The molecule has 0 heterocycles. The zero-order valence-corrected chi connectivity index (χ0v) is 10.9. The van der Waals surface area contributed by atoms with Crippen LogP contribution < -0.4 is 0 Å². The van der Waals surface area contributed by atoms with E-state index in [1.165, 1.54) is 5.56 Å². The van der Waals surface area contributed by atoms with Crippen molar-refractivity contribution in [2.24, 2.45) is 5.92 Å². The maximum Gasteiger partial charge on any atom is 0.230 e. The molecule has 1 aliphatic carbocycles. The first-order valence-electron chi connectivity index (χ1n) is 6.43. The van der Waals surface area contributed by atoms with Gasteiger partial charge in [-0.2, -0.15) is 5.26 Å². The van der Waals surface area contributed by atoms with Crippen LogP contribution in [-0.4, -0.2) is 23.9 Å². The standard InChI is InChI=1S/C15H18N2O/c1-3-17(10-11(2)9-16)15(18)14-8-12-6-4-5-7-13(12)14/h4-7,11,14H,3,8,10H2,1-2H3. The predicted molar refractivity (Wildman–Crippen MR) is 69.9 cm³/mol. The molecular weight excluding hydrogens is 224 g/mol. The SMILES string of the molecule is CCN(CC(C)C#N)C(=O)C1Cc2ccccc21. The van der Waals surface area contributed by atoms with Crippen molar-refractivity contribution in [1.29, 1.82) is 5.26 Å². The second kappa shape index (κ2) is 5.22. The Labute approximate surface area is 108 Å². The van der Waals surface area contributed by atoms with Gasteiger partial charge in [0.05, 0.1) is 17.9 Å². The molecule has 0 aliphatic heterocycles. The molecule has 3 heteroatoms. The second-order valence-electron chi connectivity index (χ2n) is 4.86. The summed E-state index contributed by atoms with van der Waals surface area (Å²) in [5, 5.41) is 8.84. The fourth-order valence-electron chi connectivity index (χ4n) is 2.45. The summed E-state index contributed by atoms with van der Waals surface area (Å²) in [7, 11) is 0. The van der Waals surface area contributed by atoms with Gasteiger partial charge < -0.3 is 4.90 Å². The maximum absolute atomic E-state index is 12.4. The highest BCUT2D eigenvalue weighted by Gasteiger charge is 2.34. The summed E-state index contributed by atoms with van der Waals surface area (Å²) in [5.74, 6) is 0.0644. The van der Waals surface area contributed by atoms with Crippen LogP contribution >= 0.6 is 0 Å². The summed E-state index contributed by atoms with van der Waals surface area (Å²) in [6.45, 7) is 5.02. The van der Waals surface area contributed by atoms with Crippen LogP contribution in [0, 0.1) is 17.2 Å². The van der Waals surface area contributed by atoms with Gasteiger partial charge in [0.1, 0.15) is 0 Å². The lowest BCUT2D eigenvalue weighted by atomic mass is 9.77. The molecule has 2 rings (SSSR count). The number of hydrogen-bond acceptors (Lipinski definition) is 2. The molecule has 94 valence electrons. The minimum atomic E-state index is -0.107. The quantitative estimate of drug-likeness (QED) is 0.813. The van der Waals surface area contributed by atoms with Gasteiger partial charge in [-0.25, -0.2) is 0 Å². The van der Waals surface area contributed by atoms with E-state index in [2.05, 4.69) is 12.1 Å². The monoisotopic (exact) mass is 242 g/mol. The molecule has 0 saturated heterocycles. The average molecular weight is 242 g/mol. The highest BCUT2D eigenvalue weighted by Crippen LogP contribution is 2.36. The summed E-state index contributed by atoms with van der Waals surface area (Å²) < 4.78 is 0. The molecule has 3 nitrogen and oxygen atoms in total. The van der Waals surface area contributed by atoms with Crippen molar-refractivity contribution in [3.63, 3.8) is 0 Å². The summed E-state index contributed by atoms with van der Waals surface area (Å²) in [6, 6.07) is 10.3. The van der Waals surface area contributed by atoms with Crippen LogP contribution in [0.2, 0.25) is 0 Å². The molecule has 1 amide bonds. The number of carbonyl (C=O) groups excluding carboxylic acids is 1. The fourth-order valence-corrected chi connectivity index (χ4v) is 2.45. The van der Waals surface area contributed by atoms with Gasteiger partial charge >= 0.3 is 0 Å². The van der Waals surface area contributed by atoms with Crippen molar-refractivity contribution in [2.75, 3.05) is 13.1 Å². The van der Waals surface area contributed by atoms with Crippen LogP contribution in [0.3, 0.4) is 0 Å². The molecule has 2 atom stereocenters. The minimum absolute atomic E-state index is 0.00652. The van der Waals surface area contributed by atoms with Gasteiger partial charge in [0.15, 0.2) is 0 Å². The normalized spacial score (nSPS) is 18.2. The van der Waals surface area contributed by atoms with Gasteiger partial charge in [-0.05, 0) is 31.4 Å². The van der Waals surface area contributed by atoms with Crippen LogP contribution in [0.5, 0.6) is 0 Å². The highest BCUT2D eigenvalue weighted by atomic mass is 16.2. The molecule has 18 heavy (non-hydrogen) atoms. The molecule has 0 spiro atoms. The summed E-state index contributed by atoms with van der Waals surface area (Å²) in [4.78, 5) is 14.2. The Hall–Kier alpha value is -1.82. The largest absolute Gasteiger partial charge is 0.341 e. The summed E-state index contributed by atoms with van der Waals surface area (Å²) >= 11 is 0. The van der Waals surface area contributed by atoms with Crippen molar-refractivity contribution in [2.45, 2.75) is 26.2 Å². The first kappa shape index (κ1) is 12.6. The van der Waals surface area contributed by atoms with Crippen LogP contribution in [0.25, 0.3) is 0 Å². The van der Waals surface area contributed by atoms with Crippen LogP contribution in [0.1, 0.15) is 30.9 Å². The lowest BCUT2D eigenvalue weighted by molar-refractivity contribution is -0.133. The van der Waals surface area contributed by atoms with Gasteiger partial charge in [-0.3, -0.25) is 4.79 Å². The number of fused-ring (bicyclic) bond motifs is 1. The van der Waals surface area contributed by atoms with E-state index in [9.17, 15) is 4.79 Å². The molecule has 0 radical (unpaired) electrons. The van der Waals surface area contributed by atoms with Crippen LogP contribution in [-0.2, 0) is 11.2 Å². The maximum atomic E-state index is 12.4. The molecule has 0 aromatic heterocycles. The van der Waals surface area contributed by atoms with Crippen molar-refractivity contribution in [3.8, 4) is 6.07 Å². The molecule has 2 unspecified atom stereocenters. The number of nitriles is 1. The Balaban J connectivity index is 2.06. The minimum Gasteiger partial charge on any atom is -0.341 e. The van der Waals surface area contributed by atoms with Gasteiger partial charge in [0.2, 0.25) is 5.91 Å². The number of rotatable bonds is 4. The van der Waals surface area contributed by atoms with E-state index in [1.807, 2.05) is 32.0 Å². The Bertz CT molecular complexity index is 490. The molecule has 0 fully saturated rings. The van der Waals surface area contributed by atoms with Gasteiger partial charge in [-0.1, -0.05) is 24.3 Å². The third kappa shape index (κ3) is 2.24. The molecule has 1 aromatic rings. The molecule has 1 aliphatic rings. The first-order chi connectivity index (χ1) is 8.67. The topological polar surface area (TPSA) is 44.1 Å². The van der Waals surface area contributed by atoms with E-state index in [1.54, 1.807) is 4.90 Å². The summed E-state index contributed by atoms with van der Waals surface area (Å²) in [6.07, 6.45) is 0.840. The third-order valence-corrected chi connectivity index (χ3v) is 3.56. The Morgan fingerprint density at radius 3 is 2.89 bits per heavy atom. The number of hydrogen-bond donors (Lipinski definition) is 0. The van der Waals surface area contributed by atoms with Gasteiger partial charge in [-0.15, -0.1) is 0 Å². The number of benzene rings is 1.